The van der Waals surface area contributed by atoms with Crippen molar-refractivity contribution in [2.75, 3.05) is 38.7 Å². The first-order chi connectivity index (χ1) is 21.2. The molecule has 0 spiro atoms. The van der Waals surface area contributed by atoms with Crippen molar-refractivity contribution in [3.05, 3.63) is 53.9 Å². The Morgan fingerprint density at radius 2 is 1.82 bits per heavy atom. The Kier molecular flexibility index (Phi) is 13.0. The Bertz CT molecular complexity index is 1190. The first-order valence-electron chi connectivity index (χ1n) is 16.5. The van der Waals surface area contributed by atoms with Crippen LogP contribution >= 0.6 is 0 Å². The Morgan fingerprint density at radius 3 is 2.55 bits per heavy atom. The zero-order valence-electron chi connectivity index (χ0n) is 27.0. The lowest BCUT2D eigenvalue weighted by atomic mass is 9.88. The van der Waals surface area contributed by atoms with E-state index in [2.05, 4.69) is 29.2 Å². The van der Waals surface area contributed by atoms with Crippen LogP contribution in [0.2, 0.25) is 0 Å². The first-order valence-corrected chi connectivity index (χ1v) is 16.5. The maximum Gasteiger partial charge on any atom is 0.258 e. The number of aromatic nitrogens is 1. The number of likely N-dealkylation sites (N-methyl/N-ethyl adjacent to an activating group) is 1. The Labute approximate surface area is 263 Å². The van der Waals surface area contributed by atoms with E-state index in [9.17, 15) is 14.7 Å². The summed E-state index contributed by atoms with van der Waals surface area (Å²) in [4.78, 5) is 35.5. The summed E-state index contributed by atoms with van der Waals surface area (Å²) in [5.41, 5.74) is 2.17. The highest BCUT2D eigenvalue weighted by Gasteiger charge is 2.31. The van der Waals surface area contributed by atoms with Crippen molar-refractivity contribution < 1.29 is 24.2 Å². The molecular formula is C35H52N4O5. The van der Waals surface area contributed by atoms with Crippen molar-refractivity contribution in [2.45, 2.75) is 96.9 Å². The first kappa shape index (κ1) is 33.9. The number of nitrogens with one attached hydrogen (secondary N) is 1. The van der Waals surface area contributed by atoms with E-state index in [4.69, 9.17) is 9.47 Å². The molecule has 0 bridgehead atoms. The van der Waals surface area contributed by atoms with Crippen molar-refractivity contribution in [3.8, 4) is 5.75 Å². The van der Waals surface area contributed by atoms with Crippen LogP contribution in [-0.4, -0.2) is 83.3 Å². The quantitative estimate of drug-likeness (QED) is 0.406. The van der Waals surface area contributed by atoms with Gasteiger partial charge in [0.05, 0.1) is 30.4 Å². The number of carbonyl (C=O) groups excluding carboxylic acids is 2. The lowest BCUT2D eigenvalue weighted by molar-refractivity contribution is -0.120. The van der Waals surface area contributed by atoms with E-state index in [1.165, 1.54) is 12.0 Å². The molecule has 1 fully saturated rings. The number of pyridine rings is 1. The van der Waals surface area contributed by atoms with Crippen LogP contribution in [0.4, 0.5) is 5.69 Å². The van der Waals surface area contributed by atoms with Gasteiger partial charge in [-0.25, -0.2) is 0 Å². The van der Waals surface area contributed by atoms with Gasteiger partial charge in [-0.1, -0.05) is 26.2 Å². The van der Waals surface area contributed by atoms with Gasteiger partial charge in [-0.15, -0.1) is 0 Å². The molecule has 2 heterocycles. The minimum atomic E-state index is -0.418. The van der Waals surface area contributed by atoms with Gasteiger partial charge in [0.1, 0.15) is 5.75 Å². The number of ether oxygens (including phenoxy) is 2. The van der Waals surface area contributed by atoms with Gasteiger partial charge in [-0.3, -0.25) is 19.5 Å². The zero-order chi connectivity index (χ0) is 31.5. The van der Waals surface area contributed by atoms with Crippen LogP contribution in [0.15, 0.2) is 42.7 Å². The fraction of sp³-hybridized carbons (Fsp3) is 0.629. The standard InChI is InChI=1S/C35H52N4O5/c1-25-21-39(26(2)24-40)35(42)31-20-30(37-34(41)29-11-6-5-7-12-29)13-14-32(31)44-27(3)10-8-9-19-43-33(25)23-38(4)22-28-15-17-36-18-16-28/h13-18,20,25-27,29,33,40H,5-12,19,21-24H2,1-4H3,(H,37,41)/t25-,26+,27-,33-/m1/s1. The van der Waals surface area contributed by atoms with Crippen molar-refractivity contribution in [1.29, 1.82) is 0 Å². The van der Waals surface area contributed by atoms with E-state index in [-0.39, 0.29) is 42.5 Å². The van der Waals surface area contributed by atoms with E-state index < -0.39 is 6.04 Å². The molecular weight excluding hydrogens is 556 g/mol. The van der Waals surface area contributed by atoms with E-state index in [1.807, 2.05) is 32.0 Å². The van der Waals surface area contributed by atoms with Crippen LogP contribution < -0.4 is 10.1 Å². The molecule has 1 aliphatic heterocycles. The van der Waals surface area contributed by atoms with E-state index in [1.54, 1.807) is 29.4 Å². The smallest absolute Gasteiger partial charge is 0.258 e. The Balaban J connectivity index is 1.59. The summed E-state index contributed by atoms with van der Waals surface area (Å²) < 4.78 is 12.8. The largest absolute Gasteiger partial charge is 0.490 e. The zero-order valence-corrected chi connectivity index (χ0v) is 27.0. The van der Waals surface area contributed by atoms with Crippen LogP contribution in [0.5, 0.6) is 5.75 Å². The summed E-state index contributed by atoms with van der Waals surface area (Å²) in [6.45, 7) is 8.33. The molecule has 2 N–H and O–H groups in total. The lowest BCUT2D eigenvalue weighted by Crippen LogP contribution is -2.47. The fourth-order valence-corrected chi connectivity index (χ4v) is 6.24. The third-order valence-electron chi connectivity index (χ3n) is 8.99. The van der Waals surface area contributed by atoms with Gasteiger partial charge in [0.2, 0.25) is 5.91 Å². The minimum absolute atomic E-state index is 0.00442. The molecule has 9 heteroatoms. The summed E-state index contributed by atoms with van der Waals surface area (Å²) >= 11 is 0. The fourth-order valence-electron chi connectivity index (χ4n) is 6.24. The van der Waals surface area contributed by atoms with Crippen molar-refractivity contribution >= 4 is 17.5 Å². The second kappa shape index (κ2) is 16.9. The number of rotatable bonds is 8. The second-order valence-corrected chi connectivity index (χ2v) is 12.9. The van der Waals surface area contributed by atoms with E-state index in [0.29, 0.717) is 36.7 Å². The van der Waals surface area contributed by atoms with Crippen LogP contribution in [0.1, 0.15) is 88.1 Å². The summed E-state index contributed by atoms with van der Waals surface area (Å²) in [6.07, 6.45) is 11.2. The van der Waals surface area contributed by atoms with Crippen LogP contribution in [0.25, 0.3) is 0 Å². The molecule has 1 aromatic carbocycles. The van der Waals surface area contributed by atoms with E-state index in [0.717, 1.165) is 51.5 Å². The Morgan fingerprint density at radius 1 is 1.09 bits per heavy atom. The molecule has 0 radical (unpaired) electrons. The number of hydrogen-bond acceptors (Lipinski definition) is 7. The molecule has 1 saturated carbocycles. The summed E-state index contributed by atoms with van der Waals surface area (Å²) in [7, 11) is 2.08. The van der Waals surface area contributed by atoms with Crippen LogP contribution in [-0.2, 0) is 16.1 Å². The summed E-state index contributed by atoms with van der Waals surface area (Å²) in [6, 6.07) is 8.99. The minimum Gasteiger partial charge on any atom is -0.490 e. The molecule has 242 valence electrons. The summed E-state index contributed by atoms with van der Waals surface area (Å²) in [5.74, 6) is 0.286. The molecule has 0 unspecified atom stereocenters. The number of benzene rings is 1. The van der Waals surface area contributed by atoms with Crippen molar-refractivity contribution in [1.82, 2.24) is 14.8 Å². The van der Waals surface area contributed by atoms with Crippen LogP contribution in [0.3, 0.4) is 0 Å². The molecule has 9 nitrogen and oxygen atoms in total. The number of hydrogen-bond donors (Lipinski definition) is 2. The molecule has 2 amide bonds. The molecule has 44 heavy (non-hydrogen) atoms. The maximum atomic E-state index is 14.3. The Hall–Kier alpha value is -3.01. The van der Waals surface area contributed by atoms with E-state index >= 15 is 0 Å². The van der Waals surface area contributed by atoms with Gasteiger partial charge in [0, 0.05) is 56.2 Å². The topological polar surface area (TPSA) is 104 Å². The number of aliphatic hydroxyl groups excluding tert-OH is 1. The predicted molar refractivity (Wildman–Crippen MR) is 173 cm³/mol. The molecule has 1 aliphatic carbocycles. The number of carbonyl (C=O) groups is 2. The maximum absolute atomic E-state index is 14.3. The highest BCUT2D eigenvalue weighted by molar-refractivity contribution is 6.00. The number of fused-ring (bicyclic) bond motifs is 1. The number of anilines is 1. The van der Waals surface area contributed by atoms with Gasteiger partial charge < -0.3 is 24.8 Å². The number of aliphatic hydroxyl groups is 1. The normalized spacial score (nSPS) is 23.4. The lowest BCUT2D eigenvalue weighted by Gasteiger charge is -2.36. The molecule has 2 aliphatic rings. The van der Waals surface area contributed by atoms with Crippen LogP contribution in [0, 0.1) is 11.8 Å². The van der Waals surface area contributed by atoms with Gasteiger partial charge in [0.15, 0.2) is 0 Å². The molecule has 0 saturated heterocycles. The highest BCUT2D eigenvalue weighted by atomic mass is 16.5. The SMILES string of the molecule is C[C@@H]1CCCCO[C@H](CN(C)Cc2ccncc2)[C@H](C)CN([C@@H](C)CO)C(=O)c2cc(NC(=O)C3CCCCC3)ccc2O1. The predicted octanol–water partition coefficient (Wildman–Crippen LogP) is 5.53. The number of amides is 2. The number of nitrogens with zero attached hydrogens (tertiary/aromatic N) is 3. The van der Waals surface area contributed by atoms with Gasteiger partial charge in [0.25, 0.3) is 5.91 Å². The van der Waals surface area contributed by atoms with Crippen molar-refractivity contribution in [2.24, 2.45) is 11.8 Å². The van der Waals surface area contributed by atoms with Gasteiger partial charge >= 0.3 is 0 Å². The third kappa shape index (κ3) is 9.74. The van der Waals surface area contributed by atoms with Crippen molar-refractivity contribution in [3.63, 3.8) is 0 Å². The molecule has 4 rings (SSSR count). The second-order valence-electron chi connectivity index (χ2n) is 12.9. The monoisotopic (exact) mass is 608 g/mol. The molecule has 2 aromatic rings. The highest BCUT2D eigenvalue weighted by Crippen LogP contribution is 2.30. The average molecular weight is 609 g/mol. The van der Waals surface area contributed by atoms with Gasteiger partial charge in [-0.2, -0.15) is 0 Å². The molecule has 4 atom stereocenters. The third-order valence-corrected chi connectivity index (χ3v) is 8.99. The summed E-state index contributed by atoms with van der Waals surface area (Å²) in [5, 5.41) is 13.3. The average Bonchev–Trinajstić information content (AvgIpc) is 3.03. The van der Waals surface area contributed by atoms with Gasteiger partial charge in [-0.05, 0) is 88.9 Å². The molecule has 1 aromatic heterocycles.